The second-order valence-corrected chi connectivity index (χ2v) is 6.24. The van der Waals surface area contributed by atoms with Crippen LogP contribution in [0.4, 0.5) is 5.69 Å². The molecule has 2 aromatic carbocycles. The third kappa shape index (κ3) is 4.61. The summed E-state index contributed by atoms with van der Waals surface area (Å²) in [6.45, 7) is 1.20. The summed E-state index contributed by atoms with van der Waals surface area (Å²) in [6.07, 6.45) is 3.94. The van der Waals surface area contributed by atoms with Crippen molar-refractivity contribution in [3.05, 3.63) is 71.3 Å². The number of allylic oxidation sites excluding steroid dienone is 1. The monoisotopic (exact) mass is 363 g/mol. The largest absolute Gasteiger partial charge is 0.480 e. The molecule has 0 bridgehead atoms. The number of para-hydroxylation sites is 1. The number of carboxylic acid groups (broad SMARTS) is 1. The van der Waals surface area contributed by atoms with Gasteiger partial charge in [0.25, 0.3) is 5.91 Å². The zero-order valence-electron chi connectivity index (χ0n) is 15.1. The molecule has 0 saturated heterocycles. The first-order valence-electron chi connectivity index (χ1n) is 8.68. The number of nitrogens with zero attached hydrogens (tertiary/aromatic N) is 2. The van der Waals surface area contributed by atoms with Crippen LogP contribution in [0, 0.1) is 0 Å². The zero-order chi connectivity index (χ0) is 19.2. The molecule has 2 N–H and O–H groups in total. The van der Waals surface area contributed by atoms with Crippen molar-refractivity contribution in [2.75, 3.05) is 31.6 Å². The van der Waals surface area contributed by atoms with Gasteiger partial charge in [0, 0.05) is 30.4 Å². The minimum atomic E-state index is -1.07. The lowest BCUT2D eigenvalue weighted by atomic mass is 10.0. The highest BCUT2D eigenvalue weighted by Crippen LogP contribution is 2.23. The fourth-order valence-corrected chi connectivity index (χ4v) is 2.87. The minimum absolute atomic E-state index is 0.395. The topological polar surface area (TPSA) is 82.0 Å². The lowest BCUT2D eigenvalue weighted by molar-refractivity contribution is -0.135. The first-order chi connectivity index (χ1) is 13.0. The molecule has 6 heteroatoms. The predicted octanol–water partition coefficient (Wildman–Crippen LogP) is 2.45. The summed E-state index contributed by atoms with van der Waals surface area (Å²) in [5, 5.41) is 11.0. The van der Waals surface area contributed by atoms with Crippen LogP contribution in [0.3, 0.4) is 0 Å². The second-order valence-electron chi connectivity index (χ2n) is 6.24. The molecule has 0 aliphatic carbocycles. The van der Waals surface area contributed by atoms with Crippen LogP contribution in [-0.4, -0.2) is 49.4 Å². The third-order valence-electron chi connectivity index (χ3n) is 4.32. The number of carbonyl (C=O) groups is 2. The van der Waals surface area contributed by atoms with Crippen LogP contribution in [0.5, 0.6) is 0 Å². The maximum absolute atomic E-state index is 11.9. The van der Waals surface area contributed by atoms with Gasteiger partial charge in [0.2, 0.25) is 0 Å². The number of aliphatic carboxylic acids is 1. The average molecular weight is 363 g/mol. The Balaban J connectivity index is 1.74. The van der Waals surface area contributed by atoms with E-state index in [1.54, 1.807) is 12.1 Å². The number of fused-ring (bicyclic) bond motifs is 1. The van der Waals surface area contributed by atoms with E-state index in [1.807, 2.05) is 36.4 Å². The van der Waals surface area contributed by atoms with Crippen LogP contribution >= 0.6 is 0 Å². The van der Waals surface area contributed by atoms with Gasteiger partial charge in [-0.25, -0.2) is 0 Å². The highest BCUT2D eigenvalue weighted by molar-refractivity contribution is 6.14. The predicted molar refractivity (Wildman–Crippen MR) is 107 cm³/mol. The number of hydrogen-bond donors (Lipinski definition) is 2. The molecule has 0 atom stereocenters. The number of aliphatic imine (C=N–C) groups is 1. The molecule has 0 radical (unpaired) electrons. The fourth-order valence-electron chi connectivity index (χ4n) is 2.87. The highest BCUT2D eigenvalue weighted by atomic mass is 16.4. The van der Waals surface area contributed by atoms with Crippen LogP contribution in [-0.2, 0) is 4.79 Å². The van der Waals surface area contributed by atoms with E-state index in [4.69, 9.17) is 5.11 Å². The molecular weight excluding hydrogens is 342 g/mol. The lowest BCUT2D eigenvalue weighted by Gasteiger charge is -2.18. The van der Waals surface area contributed by atoms with E-state index < -0.39 is 18.4 Å². The normalized spacial score (nSPS) is 13.7. The first kappa shape index (κ1) is 18.4. The number of benzene rings is 2. The summed E-state index contributed by atoms with van der Waals surface area (Å²) < 4.78 is 0. The van der Waals surface area contributed by atoms with Crippen LogP contribution < -0.4 is 10.2 Å². The van der Waals surface area contributed by atoms with Gasteiger partial charge in [-0.1, -0.05) is 36.4 Å². The van der Waals surface area contributed by atoms with Crippen molar-refractivity contribution in [3.63, 3.8) is 0 Å². The number of anilines is 1. The number of carboxylic acids is 1. The van der Waals surface area contributed by atoms with Gasteiger partial charge in [0.05, 0.1) is 12.3 Å². The van der Waals surface area contributed by atoms with Crippen LogP contribution in [0.15, 0.2) is 59.6 Å². The summed E-state index contributed by atoms with van der Waals surface area (Å²) in [5.41, 5.74) is 4.54. The lowest BCUT2D eigenvalue weighted by Crippen LogP contribution is -2.29. The average Bonchev–Trinajstić information content (AvgIpc) is 2.84. The Morgan fingerprint density at radius 3 is 2.63 bits per heavy atom. The van der Waals surface area contributed by atoms with E-state index in [1.165, 1.54) is 0 Å². The van der Waals surface area contributed by atoms with E-state index in [0.717, 1.165) is 35.6 Å². The van der Waals surface area contributed by atoms with E-state index in [2.05, 4.69) is 34.4 Å². The van der Waals surface area contributed by atoms with E-state index in [0.29, 0.717) is 5.56 Å². The van der Waals surface area contributed by atoms with Gasteiger partial charge in [-0.2, -0.15) is 0 Å². The maximum atomic E-state index is 11.9. The van der Waals surface area contributed by atoms with Crippen LogP contribution in [0.1, 0.15) is 21.5 Å². The molecule has 0 unspecified atom stereocenters. The molecule has 1 aliphatic heterocycles. The number of amides is 1. The molecule has 1 heterocycles. The van der Waals surface area contributed by atoms with Crippen molar-refractivity contribution in [3.8, 4) is 0 Å². The van der Waals surface area contributed by atoms with Gasteiger partial charge in [-0.3, -0.25) is 14.6 Å². The standard InChI is InChI=1S/C21H21N3O3/c1-24-13-12-22-18(17-4-2-3-5-19(17)24)11-8-15-6-9-16(10-7-15)21(27)23-14-20(25)26/h2-11H,12-14H2,1H3,(H,23,27)(H,25,26). The number of hydrogen-bond acceptors (Lipinski definition) is 4. The van der Waals surface area contributed by atoms with Crippen molar-refractivity contribution >= 4 is 29.4 Å². The smallest absolute Gasteiger partial charge is 0.322 e. The van der Waals surface area contributed by atoms with Crippen molar-refractivity contribution in [2.45, 2.75) is 0 Å². The molecular formula is C21H21N3O3. The van der Waals surface area contributed by atoms with Crippen LogP contribution in [0.25, 0.3) is 6.08 Å². The molecule has 2 aromatic rings. The maximum Gasteiger partial charge on any atom is 0.322 e. The summed E-state index contributed by atoms with van der Waals surface area (Å²) in [7, 11) is 2.06. The number of nitrogens with one attached hydrogen (secondary N) is 1. The van der Waals surface area contributed by atoms with E-state index in [9.17, 15) is 9.59 Å². The third-order valence-corrected chi connectivity index (χ3v) is 4.32. The fraction of sp³-hybridized carbons (Fsp3) is 0.190. The number of likely N-dealkylation sites (N-methyl/N-ethyl adjacent to an activating group) is 1. The molecule has 27 heavy (non-hydrogen) atoms. The summed E-state index contributed by atoms with van der Waals surface area (Å²) in [6, 6.07) is 15.2. The number of benzodiazepines with no additional fused rings is 1. The molecule has 0 aromatic heterocycles. The Kier molecular flexibility index (Phi) is 5.66. The summed E-state index contributed by atoms with van der Waals surface area (Å²) >= 11 is 0. The zero-order valence-corrected chi connectivity index (χ0v) is 15.1. The molecule has 0 saturated carbocycles. The Bertz CT molecular complexity index is 901. The highest BCUT2D eigenvalue weighted by Gasteiger charge is 2.13. The van der Waals surface area contributed by atoms with Gasteiger partial charge in [-0.05, 0) is 29.8 Å². The molecule has 1 amide bonds. The van der Waals surface area contributed by atoms with E-state index in [-0.39, 0.29) is 0 Å². The van der Waals surface area contributed by atoms with Gasteiger partial charge in [0.1, 0.15) is 6.54 Å². The molecule has 0 fully saturated rings. The molecule has 3 rings (SSSR count). The molecule has 6 nitrogen and oxygen atoms in total. The van der Waals surface area contributed by atoms with Crippen molar-refractivity contribution in [2.24, 2.45) is 4.99 Å². The Morgan fingerprint density at radius 1 is 1.15 bits per heavy atom. The van der Waals surface area contributed by atoms with Crippen molar-refractivity contribution < 1.29 is 14.7 Å². The first-order valence-corrected chi connectivity index (χ1v) is 8.68. The van der Waals surface area contributed by atoms with Gasteiger partial charge in [0.15, 0.2) is 0 Å². The van der Waals surface area contributed by atoms with E-state index >= 15 is 0 Å². The molecule has 0 spiro atoms. The van der Waals surface area contributed by atoms with Crippen molar-refractivity contribution in [1.82, 2.24) is 5.32 Å². The SMILES string of the molecule is CN1CCN=C(C=Cc2ccc(C(=O)NCC(=O)O)cc2)c2ccccc21. The van der Waals surface area contributed by atoms with Gasteiger partial charge >= 0.3 is 5.97 Å². The van der Waals surface area contributed by atoms with Crippen LogP contribution in [0.2, 0.25) is 0 Å². The van der Waals surface area contributed by atoms with Gasteiger partial charge < -0.3 is 15.3 Å². The minimum Gasteiger partial charge on any atom is -0.480 e. The molecule has 138 valence electrons. The Morgan fingerprint density at radius 2 is 1.89 bits per heavy atom. The Labute approximate surface area is 157 Å². The van der Waals surface area contributed by atoms with Gasteiger partial charge in [-0.15, -0.1) is 0 Å². The Hall–Kier alpha value is -3.41. The number of carbonyl (C=O) groups excluding carboxylic acids is 1. The quantitative estimate of drug-likeness (QED) is 0.855. The van der Waals surface area contributed by atoms with Crippen molar-refractivity contribution in [1.29, 1.82) is 0 Å². The molecule has 1 aliphatic rings. The summed E-state index contributed by atoms with van der Waals surface area (Å²) in [4.78, 5) is 29.3. The second kappa shape index (κ2) is 8.31. The summed E-state index contributed by atoms with van der Waals surface area (Å²) in [5.74, 6) is -1.48. The number of rotatable bonds is 5.